The van der Waals surface area contributed by atoms with Crippen molar-refractivity contribution in [1.82, 2.24) is 0 Å². The minimum absolute atomic E-state index is 0.220. The summed E-state index contributed by atoms with van der Waals surface area (Å²) in [7, 11) is 2.42. The first-order valence-corrected chi connectivity index (χ1v) is 11.6. The lowest BCUT2D eigenvalue weighted by atomic mass is 9.72. The van der Waals surface area contributed by atoms with E-state index in [-0.39, 0.29) is 10.8 Å². The Bertz CT molecular complexity index is 594. The van der Waals surface area contributed by atoms with E-state index in [1.807, 2.05) is 12.9 Å². The van der Waals surface area contributed by atoms with Crippen molar-refractivity contribution in [3.05, 3.63) is 35.4 Å². The van der Waals surface area contributed by atoms with E-state index in [2.05, 4.69) is 83.5 Å². The molecule has 0 aliphatic heterocycles. The van der Waals surface area contributed by atoms with Crippen LogP contribution in [0, 0.1) is 22.2 Å². The lowest BCUT2D eigenvalue weighted by Gasteiger charge is -2.34. The van der Waals surface area contributed by atoms with Crippen molar-refractivity contribution in [2.24, 2.45) is 27.2 Å². The van der Waals surface area contributed by atoms with Crippen LogP contribution in [-0.2, 0) is 0 Å². The number of hydrogen-bond acceptors (Lipinski definition) is 2. The average molecular weight is 424 g/mol. The summed E-state index contributed by atoms with van der Waals surface area (Å²) in [4.78, 5) is 15.4. The van der Waals surface area contributed by atoms with Gasteiger partial charge in [-0.3, -0.25) is 4.99 Å². The summed E-state index contributed by atoms with van der Waals surface area (Å²) in [6.07, 6.45) is 2.97. The predicted molar refractivity (Wildman–Crippen MR) is 134 cm³/mol. The molecule has 1 aromatic carbocycles. The van der Waals surface area contributed by atoms with E-state index < -0.39 is 5.97 Å². The highest BCUT2D eigenvalue weighted by Crippen LogP contribution is 2.36. The second-order valence-electron chi connectivity index (χ2n) is 11.2. The molecule has 0 aliphatic carbocycles. The number of aliphatic imine (C=N–C) groups is 1. The lowest BCUT2D eigenvalue weighted by Crippen LogP contribution is -2.28. The molecule has 168 valence electrons. The molecule has 0 heterocycles. The van der Waals surface area contributed by atoms with Crippen LogP contribution in [0.3, 0.4) is 0 Å². The molecular weight excluding hydrogens is 377 g/mol. The quantitative estimate of drug-likeness (QED) is 0.395. The van der Waals surface area contributed by atoms with Gasteiger partial charge in [0.05, 0.1) is 5.56 Å². The Morgan fingerprint density at radius 2 is 1.38 bits per heavy atom. The molecule has 0 bridgehead atoms. The number of carbonyl (C=O) groups is 1. The fraction of sp³-hybridized carbons (Fsp3) is 0.680. The summed E-state index contributed by atoms with van der Waals surface area (Å²) in [5.41, 5.74) is 2.25. The maximum absolute atomic E-state index is 10.8. The third-order valence-corrected chi connectivity index (χ3v) is 3.81. The van der Waals surface area contributed by atoms with Crippen molar-refractivity contribution >= 4 is 21.4 Å². The fourth-order valence-electron chi connectivity index (χ4n) is 2.38. The normalized spacial score (nSPS) is 13.1. The Labute approximate surface area is 183 Å². The van der Waals surface area contributed by atoms with E-state index in [1.165, 1.54) is 0 Å². The first-order chi connectivity index (χ1) is 13.0. The number of hydrogen-bond donors (Lipinski definition) is 1. The standard InChI is InChI=1S/C19H29NO2.C5H12.CH5P/c1-18(2,3)11-16(19(4,5)6)13-20-12-14-7-9-15(10-8-14)17(21)22;1-5(2,3)4;1-2/h7-10,12,16H,11,13H2,1-6H3,(H,21,22);1-4H3;2H2,1H3. The molecule has 0 radical (unpaired) electrons. The molecule has 0 fully saturated rings. The molecule has 1 N–H and O–H groups in total. The van der Waals surface area contributed by atoms with Crippen LogP contribution >= 0.6 is 9.24 Å². The van der Waals surface area contributed by atoms with Gasteiger partial charge in [-0.2, -0.15) is 0 Å². The molecule has 2 unspecified atom stereocenters. The van der Waals surface area contributed by atoms with Crippen LogP contribution in [0.5, 0.6) is 0 Å². The Morgan fingerprint density at radius 3 is 1.69 bits per heavy atom. The Hall–Kier alpha value is -1.21. The van der Waals surface area contributed by atoms with E-state index in [9.17, 15) is 4.79 Å². The van der Waals surface area contributed by atoms with Crippen molar-refractivity contribution in [2.75, 3.05) is 13.2 Å². The number of carboxylic acids is 1. The molecule has 1 aromatic rings. The maximum atomic E-state index is 10.8. The molecule has 4 heteroatoms. The molecule has 1 rings (SSSR count). The minimum atomic E-state index is -0.901. The van der Waals surface area contributed by atoms with E-state index in [0.717, 1.165) is 18.5 Å². The van der Waals surface area contributed by atoms with Crippen molar-refractivity contribution in [3.63, 3.8) is 0 Å². The highest BCUT2D eigenvalue weighted by atomic mass is 31.0. The van der Waals surface area contributed by atoms with Gasteiger partial charge in [-0.05, 0) is 46.3 Å². The summed E-state index contributed by atoms with van der Waals surface area (Å²) < 4.78 is 0. The van der Waals surface area contributed by atoms with Crippen molar-refractivity contribution < 1.29 is 9.90 Å². The monoisotopic (exact) mass is 423 g/mol. The van der Waals surface area contributed by atoms with Gasteiger partial charge in [0.1, 0.15) is 0 Å². The summed E-state index contributed by atoms with van der Waals surface area (Å²) in [6.45, 7) is 25.0. The van der Waals surface area contributed by atoms with Gasteiger partial charge in [0.25, 0.3) is 0 Å². The van der Waals surface area contributed by atoms with Crippen LogP contribution in [0.15, 0.2) is 29.3 Å². The van der Waals surface area contributed by atoms with Gasteiger partial charge in [-0.25, -0.2) is 4.79 Å². The first kappa shape index (κ1) is 30.0. The summed E-state index contributed by atoms with van der Waals surface area (Å²) in [5.74, 6) is -0.386. The average Bonchev–Trinajstić information content (AvgIpc) is 2.53. The second-order valence-corrected chi connectivity index (χ2v) is 11.2. The molecule has 0 saturated heterocycles. The van der Waals surface area contributed by atoms with Crippen LogP contribution in [0.25, 0.3) is 0 Å². The molecule has 29 heavy (non-hydrogen) atoms. The van der Waals surface area contributed by atoms with Crippen LogP contribution in [0.1, 0.15) is 91.6 Å². The molecule has 0 spiro atoms. The van der Waals surface area contributed by atoms with Gasteiger partial charge in [0.15, 0.2) is 0 Å². The SMILES string of the molecule is CC(C)(C)C.CC(C)(C)CC(CN=Cc1ccc(C(=O)O)cc1)C(C)(C)C.CP. The van der Waals surface area contributed by atoms with E-state index in [0.29, 0.717) is 16.9 Å². The van der Waals surface area contributed by atoms with Crippen molar-refractivity contribution in [1.29, 1.82) is 0 Å². The summed E-state index contributed by atoms with van der Waals surface area (Å²) in [5, 5.41) is 8.89. The molecule has 0 saturated carbocycles. The van der Waals surface area contributed by atoms with Gasteiger partial charge in [-0.1, -0.05) is 88.0 Å². The minimum Gasteiger partial charge on any atom is -0.478 e. The number of carboxylic acid groups (broad SMARTS) is 1. The summed E-state index contributed by atoms with van der Waals surface area (Å²) >= 11 is 0. The highest BCUT2D eigenvalue weighted by molar-refractivity contribution is 7.15. The zero-order valence-corrected chi connectivity index (χ0v) is 21.9. The zero-order valence-electron chi connectivity index (χ0n) is 20.8. The molecule has 0 aliphatic rings. The van der Waals surface area contributed by atoms with Crippen LogP contribution in [0.2, 0.25) is 0 Å². The third kappa shape index (κ3) is 18.6. The van der Waals surface area contributed by atoms with Crippen molar-refractivity contribution in [2.45, 2.75) is 75.7 Å². The Kier molecular flexibility index (Phi) is 13.6. The predicted octanol–water partition coefficient (Wildman–Crippen LogP) is 7.45. The fourth-order valence-corrected chi connectivity index (χ4v) is 2.38. The number of aromatic carboxylic acids is 1. The maximum Gasteiger partial charge on any atom is 0.335 e. The molecule has 0 aromatic heterocycles. The van der Waals surface area contributed by atoms with Crippen LogP contribution in [-0.4, -0.2) is 30.5 Å². The van der Waals surface area contributed by atoms with Crippen molar-refractivity contribution in [3.8, 4) is 0 Å². The van der Waals surface area contributed by atoms with Crippen LogP contribution < -0.4 is 0 Å². The van der Waals surface area contributed by atoms with E-state index >= 15 is 0 Å². The van der Waals surface area contributed by atoms with Gasteiger partial charge >= 0.3 is 5.97 Å². The highest BCUT2D eigenvalue weighted by Gasteiger charge is 2.28. The summed E-state index contributed by atoms with van der Waals surface area (Å²) in [6, 6.07) is 6.81. The number of rotatable bonds is 5. The second kappa shape index (κ2) is 13.2. The van der Waals surface area contributed by atoms with Gasteiger partial charge < -0.3 is 5.11 Å². The lowest BCUT2D eigenvalue weighted by molar-refractivity contribution is 0.0697. The zero-order chi connectivity index (χ0) is 23.5. The first-order valence-electron chi connectivity index (χ1n) is 10.4. The smallest absolute Gasteiger partial charge is 0.335 e. The van der Waals surface area contributed by atoms with Gasteiger partial charge in [0, 0.05) is 12.8 Å². The third-order valence-electron chi connectivity index (χ3n) is 3.81. The molecular formula is C25H46NO2P. The topological polar surface area (TPSA) is 49.7 Å². The molecule has 2 atom stereocenters. The van der Waals surface area contributed by atoms with Gasteiger partial charge in [0.2, 0.25) is 0 Å². The van der Waals surface area contributed by atoms with E-state index in [4.69, 9.17) is 5.11 Å². The molecule has 0 amide bonds. The largest absolute Gasteiger partial charge is 0.478 e. The van der Waals surface area contributed by atoms with E-state index in [1.54, 1.807) is 24.3 Å². The Balaban J connectivity index is 0. The van der Waals surface area contributed by atoms with Crippen LogP contribution in [0.4, 0.5) is 0 Å². The van der Waals surface area contributed by atoms with Gasteiger partial charge in [-0.15, -0.1) is 9.24 Å². The Morgan fingerprint density at radius 1 is 0.966 bits per heavy atom. The molecule has 3 nitrogen and oxygen atoms in total. The number of nitrogens with zero attached hydrogens (tertiary/aromatic N) is 1. The number of benzene rings is 1.